The molecule has 0 bridgehead atoms. The van der Waals surface area contributed by atoms with Gasteiger partial charge in [-0.05, 0) is 34.3 Å². The van der Waals surface area contributed by atoms with Crippen LogP contribution >= 0.6 is 38.6 Å². The lowest BCUT2D eigenvalue weighted by atomic mass is 10.2. The molecular formula is C11H8BrN3OS2. The van der Waals surface area contributed by atoms with Crippen LogP contribution in [0.15, 0.2) is 21.4 Å². The Morgan fingerprint density at radius 2 is 2.44 bits per heavy atom. The van der Waals surface area contributed by atoms with Gasteiger partial charge in [0.15, 0.2) is 9.96 Å². The molecule has 18 heavy (non-hydrogen) atoms. The van der Waals surface area contributed by atoms with Crippen molar-refractivity contribution in [3.8, 4) is 6.07 Å². The third-order valence-corrected chi connectivity index (χ3v) is 4.75. The van der Waals surface area contributed by atoms with E-state index in [1.165, 1.54) is 22.7 Å². The van der Waals surface area contributed by atoms with Crippen LogP contribution in [-0.2, 0) is 0 Å². The van der Waals surface area contributed by atoms with E-state index in [1.807, 2.05) is 17.5 Å². The maximum Gasteiger partial charge on any atom is 0.264 e. The number of halogens is 1. The fourth-order valence-electron chi connectivity index (χ4n) is 1.39. The molecule has 1 amide bonds. The van der Waals surface area contributed by atoms with Crippen molar-refractivity contribution in [3.05, 3.63) is 36.9 Å². The standard InChI is InChI=1S/C11H8BrN3OS2/c1-6-9(18-11(12)14-6)10(16)15-7(5-13)8-3-2-4-17-8/h2-4,7H,1H3,(H,15,16). The number of thiazole rings is 1. The van der Waals surface area contributed by atoms with E-state index in [1.54, 1.807) is 6.92 Å². The van der Waals surface area contributed by atoms with Crippen LogP contribution < -0.4 is 5.32 Å². The van der Waals surface area contributed by atoms with Gasteiger partial charge in [0.1, 0.15) is 4.88 Å². The van der Waals surface area contributed by atoms with Crippen molar-refractivity contribution in [2.75, 3.05) is 0 Å². The highest BCUT2D eigenvalue weighted by Gasteiger charge is 2.19. The number of rotatable bonds is 3. The second-order valence-electron chi connectivity index (χ2n) is 3.43. The van der Waals surface area contributed by atoms with Crippen LogP contribution in [0.25, 0.3) is 0 Å². The molecule has 2 aromatic rings. The van der Waals surface area contributed by atoms with Crippen molar-refractivity contribution >= 4 is 44.5 Å². The largest absolute Gasteiger partial charge is 0.331 e. The van der Waals surface area contributed by atoms with Gasteiger partial charge in [0.25, 0.3) is 5.91 Å². The Labute approximate surface area is 120 Å². The number of nitriles is 1. The van der Waals surface area contributed by atoms with Crippen molar-refractivity contribution in [1.29, 1.82) is 5.26 Å². The summed E-state index contributed by atoms with van der Waals surface area (Å²) >= 11 is 5.94. The minimum Gasteiger partial charge on any atom is -0.331 e. The molecule has 1 N–H and O–H groups in total. The summed E-state index contributed by atoms with van der Waals surface area (Å²) in [5, 5.41) is 13.7. The Balaban J connectivity index is 2.16. The first kappa shape index (κ1) is 13.2. The van der Waals surface area contributed by atoms with E-state index >= 15 is 0 Å². The number of nitrogens with one attached hydrogen (secondary N) is 1. The summed E-state index contributed by atoms with van der Waals surface area (Å²) < 4.78 is 0.662. The lowest BCUT2D eigenvalue weighted by Gasteiger charge is -2.08. The fourth-order valence-corrected chi connectivity index (χ4v) is 3.56. The van der Waals surface area contributed by atoms with Crippen molar-refractivity contribution in [2.45, 2.75) is 13.0 Å². The fraction of sp³-hybridized carbons (Fsp3) is 0.182. The first-order valence-corrected chi connectivity index (χ1v) is 7.47. The Bertz CT molecular complexity index is 600. The number of carbonyl (C=O) groups is 1. The molecule has 0 radical (unpaired) electrons. The molecule has 1 unspecified atom stereocenters. The topological polar surface area (TPSA) is 65.8 Å². The summed E-state index contributed by atoms with van der Waals surface area (Å²) in [6, 6.07) is 5.15. The molecular weight excluding hydrogens is 334 g/mol. The van der Waals surface area contributed by atoms with E-state index in [4.69, 9.17) is 5.26 Å². The highest BCUT2D eigenvalue weighted by atomic mass is 79.9. The average molecular weight is 342 g/mol. The van der Waals surface area contributed by atoms with Crippen LogP contribution in [0.4, 0.5) is 0 Å². The summed E-state index contributed by atoms with van der Waals surface area (Å²) in [6.07, 6.45) is 0. The number of nitrogens with zero attached hydrogens (tertiary/aromatic N) is 2. The van der Waals surface area contributed by atoms with Gasteiger partial charge in [-0.15, -0.1) is 22.7 Å². The van der Waals surface area contributed by atoms with Crippen LogP contribution in [0.1, 0.15) is 26.3 Å². The maximum atomic E-state index is 12.0. The third-order valence-electron chi connectivity index (χ3n) is 2.21. The average Bonchev–Trinajstić information content (AvgIpc) is 2.95. The second-order valence-corrected chi connectivity index (χ2v) is 6.69. The summed E-state index contributed by atoms with van der Waals surface area (Å²) in [4.78, 5) is 17.5. The van der Waals surface area contributed by atoms with Gasteiger partial charge in [-0.2, -0.15) is 5.26 Å². The van der Waals surface area contributed by atoms with Gasteiger partial charge in [0.05, 0.1) is 11.8 Å². The monoisotopic (exact) mass is 341 g/mol. The predicted molar refractivity (Wildman–Crippen MR) is 74.7 cm³/mol. The molecule has 7 heteroatoms. The van der Waals surface area contributed by atoms with Gasteiger partial charge in [-0.25, -0.2) is 4.98 Å². The third kappa shape index (κ3) is 2.77. The molecule has 0 spiro atoms. The maximum absolute atomic E-state index is 12.0. The van der Waals surface area contributed by atoms with Crippen LogP contribution in [0.5, 0.6) is 0 Å². The van der Waals surface area contributed by atoms with Crippen molar-refractivity contribution in [1.82, 2.24) is 10.3 Å². The smallest absolute Gasteiger partial charge is 0.264 e. The van der Waals surface area contributed by atoms with Gasteiger partial charge < -0.3 is 5.32 Å². The lowest BCUT2D eigenvalue weighted by Crippen LogP contribution is -2.26. The molecule has 0 aliphatic carbocycles. The molecule has 0 aliphatic heterocycles. The SMILES string of the molecule is Cc1nc(Br)sc1C(=O)NC(C#N)c1cccs1. The van der Waals surface area contributed by atoms with E-state index in [2.05, 4.69) is 32.3 Å². The Hall–Kier alpha value is -1.23. The van der Waals surface area contributed by atoms with E-state index in [0.717, 1.165) is 4.88 Å². The molecule has 1 atom stereocenters. The number of hydrogen-bond donors (Lipinski definition) is 1. The second kappa shape index (κ2) is 5.61. The lowest BCUT2D eigenvalue weighted by molar-refractivity contribution is 0.0949. The zero-order valence-electron chi connectivity index (χ0n) is 9.31. The molecule has 2 rings (SSSR count). The molecule has 4 nitrogen and oxygen atoms in total. The van der Waals surface area contributed by atoms with E-state index in [-0.39, 0.29) is 5.91 Å². The number of aromatic nitrogens is 1. The highest BCUT2D eigenvalue weighted by molar-refractivity contribution is 9.11. The number of thiophene rings is 1. The van der Waals surface area contributed by atoms with Gasteiger partial charge in [-0.3, -0.25) is 4.79 Å². The molecule has 2 aromatic heterocycles. The van der Waals surface area contributed by atoms with Crippen LogP contribution in [0.2, 0.25) is 0 Å². The zero-order chi connectivity index (χ0) is 13.1. The Kier molecular flexibility index (Phi) is 4.11. The zero-order valence-corrected chi connectivity index (χ0v) is 12.5. The summed E-state index contributed by atoms with van der Waals surface area (Å²) in [5.74, 6) is -0.268. The van der Waals surface area contributed by atoms with Crippen LogP contribution in [0, 0.1) is 18.3 Å². The first-order valence-electron chi connectivity index (χ1n) is 4.98. The van der Waals surface area contributed by atoms with Crippen molar-refractivity contribution < 1.29 is 4.79 Å². The van der Waals surface area contributed by atoms with Crippen molar-refractivity contribution in [3.63, 3.8) is 0 Å². The molecule has 92 valence electrons. The minimum absolute atomic E-state index is 0.268. The van der Waals surface area contributed by atoms with Gasteiger partial charge in [-0.1, -0.05) is 6.07 Å². The van der Waals surface area contributed by atoms with E-state index in [9.17, 15) is 4.79 Å². The highest BCUT2D eigenvalue weighted by Crippen LogP contribution is 2.24. The molecule has 0 saturated carbocycles. The molecule has 0 aromatic carbocycles. The normalized spacial score (nSPS) is 11.8. The van der Waals surface area contributed by atoms with Crippen molar-refractivity contribution in [2.24, 2.45) is 0 Å². The predicted octanol–water partition coefficient (Wildman–Crippen LogP) is 3.27. The molecule has 0 aliphatic rings. The summed E-state index contributed by atoms with van der Waals surface area (Å²) in [5.41, 5.74) is 0.659. The first-order chi connectivity index (χ1) is 8.61. The van der Waals surface area contributed by atoms with E-state index < -0.39 is 6.04 Å². The Morgan fingerprint density at radius 3 is 2.94 bits per heavy atom. The number of amides is 1. The number of carbonyl (C=O) groups excluding carboxylic acids is 1. The molecule has 2 heterocycles. The summed E-state index contributed by atoms with van der Waals surface area (Å²) in [7, 11) is 0. The van der Waals surface area contributed by atoms with E-state index in [0.29, 0.717) is 14.5 Å². The Morgan fingerprint density at radius 1 is 1.67 bits per heavy atom. The molecule has 0 saturated heterocycles. The quantitative estimate of drug-likeness (QED) is 0.931. The van der Waals surface area contributed by atoms with Crippen LogP contribution in [0.3, 0.4) is 0 Å². The minimum atomic E-state index is -0.613. The summed E-state index contributed by atoms with van der Waals surface area (Å²) in [6.45, 7) is 1.77. The van der Waals surface area contributed by atoms with Gasteiger partial charge in [0, 0.05) is 4.88 Å². The van der Waals surface area contributed by atoms with Gasteiger partial charge in [0.2, 0.25) is 0 Å². The number of aryl methyl sites for hydroxylation is 1. The molecule has 0 fully saturated rings. The number of hydrogen-bond acceptors (Lipinski definition) is 5. The van der Waals surface area contributed by atoms with Gasteiger partial charge >= 0.3 is 0 Å². The van der Waals surface area contributed by atoms with Crippen LogP contribution in [-0.4, -0.2) is 10.9 Å².